The van der Waals surface area contributed by atoms with Crippen LogP contribution in [0.15, 0.2) is 36.4 Å². The van der Waals surface area contributed by atoms with Crippen molar-refractivity contribution in [1.29, 1.82) is 0 Å². The summed E-state index contributed by atoms with van der Waals surface area (Å²) in [5.41, 5.74) is 4.76. The van der Waals surface area contributed by atoms with Gasteiger partial charge in [0.1, 0.15) is 0 Å². The molecule has 4 nitrogen and oxygen atoms in total. The first kappa shape index (κ1) is 16.6. The van der Waals surface area contributed by atoms with Crippen LogP contribution < -0.4 is 14.8 Å². The summed E-state index contributed by atoms with van der Waals surface area (Å²) in [6.45, 7) is 3.73. The number of nitrogens with zero attached hydrogens (tertiary/aromatic N) is 1. The third kappa shape index (κ3) is 3.46. The Kier molecular flexibility index (Phi) is 4.90. The van der Waals surface area contributed by atoms with Gasteiger partial charge >= 0.3 is 0 Å². The molecule has 3 rings (SSSR count). The van der Waals surface area contributed by atoms with Crippen LogP contribution in [0, 0.1) is 6.92 Å². The minimum atomic E-state index is 0.751. The lowest BCUT2D eigenvalue weighted by molar-refractivity contribution is 0.348. The van der Waals surface area contributed by atoms with Crippen molar-refractivity contribution in [2.45, 2.75) is 19.9 Å². The van der Waals surface area contributed by atoms with Gasteiger partial charge in [0.25, 0.3) is 0 Å². The largest absolute Gasteiger partial charge is 0.493 e. The molecule has 126 valence electrons. The summed E-state index contributed by atoms with van der Waals surface area (Å²) in [5.74, 6) is 1.54. The summed E-state index contributed by atoms with van der Waals surface area (Å²) in [6, 6.07) is 12.4. The van der Waals surface area contributed by atoms with E-state index in [-0.39, 0.29) is 0 Å². The number of fused-ring (bicyclic) bond motifs is 1. The van der Waals surface area contributed by atoms with Crippen molar-refractivity contribution in [3.05, 3.63) is 53.1 Å². The fourth-order valence-corrected chi connectivity index (χ4v) is 3.26. The Labute approximate surface area is 148 Å². The maximum atomic E-state index is 5.60. The fourth-order valence-electron chi connectivity index (χ4n) is 2.98. The van der Waals surface area contributed by atoms with Crippen molar-refractivity contribution in [2.24, 2.45) is 0 Å². The van der Waals surface area contributed by atoms with Gasteiger partial charge in [-0.1, -0.05) is 12.1 Å². The smallest absolute Gasteiger partial charge is 0.173 e. The van der Waals surface area contributed by atoms with Crippen LogP contribution in [-0.4, -0.2) is 30.8 Å². The number of thiocarbonyl (C=S) groups is 1. The maximum absolute atomic E-state index is 5.60. The zero-order valence-electron chi connectivity index (χ0n) is 14.3. The molecule has 2 aromatic carbocycles. The molecule has 1 aliphatic heterocycles. The lowest BCUT2D eigenvalue weighted by atomic mass is 9.99. The van der Waals surface area contributed by atoms with Crippen LogP contribution >= 0.6 is 12.2 Å². The van der Waals surface area contributed by atoms with Gasteiger partial charge in [-0.05, 0) is 66.5 Å². The van der Waals surface area contributed by atoms with Gasteiger partial charge in [0, 0.05) is 18.8 Å². The molecule has 0 unspecified atom stereocenters. The Morgan fingerprint density at radius 2 is 1.79 bits per heavy atom. The highest BCUT2D eigenvalue weighted by Gasteiger charge is 2.21. The van der Waals surface area contributed by atoms with E-state index in [0.29, 0.717) is 0 Å². The zero-order valence-corrected chi connectivity index (χ0v) is 15.1. The number of nitrogens with one attached hydrogen (secondary N) is 1. The predicted molar refractivity (Wildman–Crippen MR) is 101 cm³/mol. The van der Waals surface area contributed by atoms with Crippen LogP contribution in [0.25, 0.3) is 0 Å². The number of benzene rings is 2. The molecule has 0 bridgehead atoms. The van der Waals surface area contributed by atoms with Gasteiger partial charge in [-0.25, -0.2) is 0 Å². The topological polar surface area (TPSA) is 33.7 Å². The van der Waals surface area contributed by atoms with E-state index in [1.165, 1.54) is 16.7 Å². The quantitative estimate of drug-likeness (QED) is 0.859. The van der Waals surface area contributed by atoms with Crippen molar-refractivity contribution in [1.82, 2.24) is 4.90 Å². The number of aryl methyl sites for hydroxylation is 1. The molecule has 0 fully saturated rings. The third-order valence-electron chi connectivity index (χ3n) is 4.27. The molecule has 0 spiro atoms. The molecule has 0 aromatic heterocycles. The van der Waals surface area contributed by atoms with Crippen molar-refractivity contribution < 1.29 is 9.47 Å². The minimum absolute atomic E-state index is 0.751. The second-order valence-corrected chi connectivity index (χ2v) is 6.33. The van der Waals surface area contributed by atoms with Crippen LogP contribution in [-0.2, 0) is 13.0 Å². The molecule has 1 aliphatic rings. The summed E-state index contributed by atoms with van der Waals surface area (Å²) < 4.78 is 10.8. The first-order valence-electron chi connectivity index (χ1n) is 7.97. The highest BCUT2D eigenvalue weighted by Crippen LogP contribution is 2.33. The second-order valence-electron chi connectivity index (χ2n) is 5.95. The van der Waals surface area contributed by atoms with E-state index in [0.717, 1.165) is 41.8 Å². The molecule has 24 heavy (non-hydrogen) atoms. The third-order valence-corrected chi connectivity index (χ3v) is 4.63. The molecule has 0 aliphatic carbocycles. The summed E-state index contributed by atoms with van der Waals surface area (Å²) in [6.07, 6.45) is 0.936. The number of rotatable bonds is 3. The zero-order chi connectivity index (χ0) is 17.1. The Bertz CT molecular complexity index is 761. The van der Waals surface area contributed by atoms with Gasteiger partial charge in [-0.2, -0.15) is 0 Å². The molecular formula is C19H22N2O2S. The summed E-state index contributed by atoms with van der Waals surface area (Å²) >= 11 is 5.60. The molecule has 5 heteroatoms. The molecule has 0 saturated heterocycles. The number of methoxy groups -OCH3 is 2. The molecule has 0 radical (unpaired) electrons. The van der Waals surface area contributed by atoms with Crippen LogP contribution in [0.3, 0.4) is 0 Å². The van der Waals surface area contributed by atoms with E-state index in [4.69, 9.17) is 21.7 Å². The summed E-state index contributed by atoms with van der Waals surface area (Å²) in [4.78, 5) is 2.19. The Morgan fingerprint density at radius 1 is 1.08 bits per heavy atom. The summed E-state index contributed by atoms with van der Waals surface area (Å²) in [7, 11) is 3.33. The van der Waals surface area contributed by atoms with E-state index in [9.17, 15) is 0 Å². The van der Waals surface area contributed by atoms with E-state index < -0.39 is 0 Å². The van der Waals surface area contributed by atoms with Crippen LogP contribution in [0.1, 0.15) is 16.7 Å². The van der Waals surface area contributed by atoms with E-state index in [1.807, 2.05) is 12.1 Å². The van der Waals surface area contributed by atoms with Gasteiger partial charge in [-0.15, -0.1) is 0 Å². The van der Waals surface area contributed by atoms with Crippen LogP contribution in [0.5, 0.6) is 11.5 Å². The molecular weight excluding hydrogens is 320 g/mol. The van der Waals surface area contributed by atoms with Crippen molar-refractivity contribution in [3.63, 3.8) is 0 Å². The molecule has 1 heterocycles. The predicted octanol–water partition coefficient (Wildman–Crippen LogP) is 3.77. The van der Waals surface area contributed by atoms with Crippen molar-refractivity contribution >= 4 is 23.0 Å². The van der Waals surface area contributed by atoms with E-state index in [2.05, 4.69) is 41.4 Å². The van der Waals surface area contributed by atoms with Crippen molar-refractivity contribution in [3.8, 4) is 11.5 Å². The Morgan fingerprint density at radius 3 is 2.46 bits per heavy atom. The number of hydrogen-bond donors (Lipinski definition) is 1. The molecule has 0 amide bonds. The monoisotopic (exact) mass is 342 g/mol. The normalized spacial score (nSPS) is 13.2. The highest BCUT2D eigenvalue weighted by atomic mass is 32.1. The number of ether oxygens (including phenoxy) is 2. The van der Waals surface area contributed by atoms with Gasteiger partial charge < -0.3 is 19.7 Å². The average Bonchev–Trinajstić information content (AvgIpc) is 2.59. The average molecular weight is 342 g/mol. The number of anilines is 1. The Balaban J connectivity index is 1.75. The maximum Gasteiger partial charge on any atom is 0.173 e. The van der Waals surface area contributed by atoms with E-state index >= 15 is 0 Å². The Hall–Kier alpha value is -2.27. The lowest BCUT2D eigenvalue weighted by Crippen LogP contribution is -2.38. The summed E-state index contributed by atoms with van der Waals surface area (Å²) in [5, 5.41) is 4.09. The second kappa shape index (κ2) is 7.09. The molecule has 2 aromatic rings. The lowest BCUT2D eigenvalue weighted by Gasteiger charge is -2.31. The fraction of sp³-hybridized carbons (Fsp3) is 0.316. The molecule has 0 saturated carbocycles. The SMILES string of the molecule is COc1cc2c(cc1OC)CN(C(=S)Nc1cccc(C)c1)CC2. The van der Waals surface area contributed by atoms with Gasteiger partial charge in [-0.3, -0.25) is 0 Å². The van der Waals surface area contributed by atoms with Gasteiger partial charge in [0.15, 0.2) is 16.6 Å². The molecule has 0 atom stereocenters. The van der Waals surface area contributed by atoms with Crippen LogP contribution in [0.2, 0.25) is 0 Å². The first-order chi connectivity index (χ1) is 11.6. The van der Waals surface area contributed by atoms with Gasteiger partial charge in [0.2, 0.25) is 0 Å². The highest BCUT2D eigenvalue weighted by molar-refractivity contribution is 7.80. The van der Waals surface area contributed by atoms with Gasteiger partial charge in [0.05, 0.1) is 14.2 Å². The molecule has 1 N–H and O–H groups in total. The van der Waals surface area contributed by atoms with Crippen molar-refractivity contribution in [2.75, 3.05) is 26.1 Å². The standard InChI is InChI=1S/C19H22N2O2S/c1-13-5-4-6-16(9-13)20-19(24)21-8-7-14-10-17(22-2)18(23-3)11-15(14)12-21/h4-6,9-11H,7-8,12H2,1-3H3,(H,20,24). The first-order valence-corrected chi connectivity index (χ1v) is 8.38. The van der Waals surface area contributed by atoms with Crippen LogP contribution in [0.4, 0.5) is 5.69 Å². The minimum Gasteiger partial charge on any atom is -0.493 e. The number of hydrogen-bond acceptors (Lipinski definition) is 3. The van der Waals surface area contributed by atoms with E-state index in [1.54, 1.807) is 14.2 Å².